The Kier molecular flexibility index (Phi) is 6.39. The van der Waals surface area contributed by atoms with E-state index in [-0.39, 0.29) is 17.4 Å². The average Bonchev–Trinajstić information content (AvgIpc) is 2.84. The van der Waals surface area contributed by atoms with E-state index < -0.39 is 5.92 Å². The number of nitrogens with one attached hydrogen (secondary N) is 1. The number of aryl methyl sites for hydroxylation is 1. The van der Waals surface area contributed by atoms with E-state index in [4.69, 9.17) is 11.6 Å². The number of allylic oxidation sites excluding steroid dienone is 2. The summed E-state index contributed by atoms with van der Waals surface area (Å²) >= 11 is 10.2. The third-order valence-electron chi connectivity index (χ3n) is 6.62. The molecule has 0 fully saturated rings. The van der Waals surface area contributed by atoms with Crippen LogP contribution in [0.4, 0.5) is 5.69 Å². The van der Waals surface area contributed by atoms with Crippen molar-refractivity contribution < 1.29 is 9.90 Å². The van der Waals surface area contributed by atoms with Crippen molar-refractivity contribution in [3.05, 3.63) is 116 Å². The van der Waals surface area contributed by atoms with Gasteiger partial charge in [0.05, 0.1) is 0 Å². The monoisotopic (exact) mass is 546 g/mol. The summed E-state index contributed by atoms with van der Waals surface area (Å²) in [5.41, 5.74) is 4.91. The van der Waals surface area contributed by atoms with Crippen molar-refractivity contribution in [3.8, 4) is 0 Å². The van der Waals surface area contributed by atoms with Gasteiger partial charge in [-0.1, -0.05) is 81.6 Å². The maximum absolute atomic E-state index is 13.5. The molecule has 5 rings (SSSR count). The Bertz CT molecular complexity index is 1410. The number of amidine groups is 1. The quantitative estimate of drug-likeness (QED) is 0.327. The van der Waals surface area contributed by atoms with Gasteiger partial charge >= 0.3 is 0 Å². The summed E-state index contributed by atoms with van der Waals surface area (Å²) in [4.78, 5) is 15.3. The van der Waals surface area contributed by atoms with Crippen molar-refractivity contribution in [1.82, 2.24) is 0 Å². The van der Waals surface area contributed by atoms with E-state index >= 15 is 0 Å². The van der Waals surface area contributed by atoms with Crippen LogP contribution >= 0.6 is 27.5 Å². The van der Waals surface area contributed by atoms with Crippen LogP contribution in [0.5, 0.6) is 0 Å². The number of rotatable bonds is 3. The molecule has 0 amide bonds. The van der Waals surface area contributed by atoms with Crippen LogP contribution in [0.3, 0.4) is 0 Å². The number of carbonyl (C=O) groups excluding carboxylic acids is 1. The Balaban J connectivity index is 1.85. The molecule has 0 aromatic heterocycles. The van der Waals surface area contributed by atoms with Crippen molar-refractivity contribution in [3.63, 3.8) is 0 Å². The Morgan fingerprint density at radius 2 is 1.80 bits per heavy atom. The third kappa shape index (κ3) is 4.24. The molecular formula is C29H24BrClN2O2. The van der Waals surface area contributed by atoms with Crippen molar-refractivity contribution >= 4 is 50.6 Å². The van der Waals surface area contributed by atoms with E-state index in [0.29, 0.717) is 46.6 Å². The molecule has 2 N–H and O–H groups in total. The summed E-state index contributed by atoms with van der Waals surface area (Å²) in [6.45, 7) is 1.98. The maximum atomic E-state index is 13.5. The molecule has 3 aromatic rings. The number of nitrogens with zero attached hydrogens (tertiary/aromatic N) is 1. The van der Waals surface area contributed by atoms with Crippen LogP contribution < -0.4 is 4.90 Å². The van der Waals surface area contributed by atoms with Gasteiger partial charge in [0.1, 0.15) is 11.6 Å². The fourth-order valence-corrected chi connectivity index (χ4v) is 5.61. The molecule has 35 heavy (non-hydrogen) atoms. The van der Waals surface area contributed by atoms with Crippen molar-refractivity contribution in [2.45, 2.75) is 32.1 Å². The van der Waals surface area contributed by atoms with Crippen LogP contribution in [0, 0.1) is 12.3 Å². The lowest BCUT2D eigenvalue weighted by atomic mass is 9.73. The first kappa shape index (κ1) is 23.6. The number of halogens is 2. The zero-order valence-electron chi connectivity index (χ0n) is 19.2. The Labute approximate surface area is 218 Å². The molecule has 3 aromatic carbocycles. The maximum Gasteiger partial charge on any atom is 0.161 e. The minimum absolute atomic E-state index is 0.0233. The molecule has 2 aliphatic rings. The first-order chi connectivity index (χ1) is 16.9. The zero-order chi connectivity index (χ0) is 24.7. The zero-order valence-corrected chi connectivity index (χ0v) is 21.5. The minimum atomic E-state index is -0.635. The van der Waals surface area contributed by atoms with Gasteiger partial charge in [-0.2, -0.15) is 0 Å². The molecule has 4 nitrogen and oxygen atoms in total. The van der Waals surface area contributed by atoms with Gasteiger partial charge in [-0.15, -0.1) is 0 Å². The van der Waals surface area contributed by atoms with Crippen molar-refractivity contribution in [2.75, 3.05) is 4.90 Å². The predicted molar refractivity (Wildman–Crippen MR) is 145 cm³/mol. The lowest BCUT2D eigenvalue weighted by Gasteiger charge is -2.42. The molecular weight excluding hydrogens is 524 g/mol. The fraction of sp³-hybridized carbons (Fsp3) is 0.172. The second-order valence-corrected chi connectivity index (χ2v) is 10.2. The van der Waals surface area contributed by atoms with Gasteiger partial charge < -0.3 is 5.11 Å². The molecule has 0 spiro atoms. The van der Waals surface area contributed by atoms with E-state index in [0.717, 1.165) is 21.4 Å². The van der Waals surface area contributed by atoms with Crippen LogP contribution in [-0.2, 0) is 4.79 Å². The molecule has 0 bridgehead atoms. The lowest BCUT2D eigenvalue weighted by molar-refractivity contribution is -0.116. The average molecular weight is 548 g/mol. The summed E-state index contributed by atoms with van der Waals surface area (Å²) < 4.78 is 0.869. The van der Waals surface area contributed by atoms with Gasteiger partial charge in [-0.3, -0.25) is 15.1 Å². The fourth-order valence-electron chi connectivity index (χ4n) is 4.98. The number of aliphatic hydroxyl groups is 1. The van der Waals surface area contributed by atoms with Crippen LogP contribution in [0.2, 0.25) is 5.02 Å². The molecule has 1 heterocycles. The molecule has 6 heteroatoms. The Morgan fingerprint density at radius 1 is 1.06 bits per heavy atom. The van der Waals surface area contributed by atoms with Gasteiger partial charge in [0.2, 0.25) is 0 Å². The van der Waals surface area contributed by atoms with Gasteiger partial charge in [0.15, 0.2) is 5.78 Å². The van der Waals surface area contributed by atoms with Crippen molar-refractivity contribution in [1.29, 1.82) is 5.41 Å². The highest BCUT2D eigenvalue weighted by molar-refractivity contribution is 9.10. The largest absolute Gasteiger partial charge is 0.507 e. The van der Waals surface area contributed by atoms with Crippen molar-refractivity contribution in [2.24, 2.45) is 0 Å². The first-order valence-electron chi connectivity index (χ1n) is 11.5. The number of anilines is 1. The molecule has 1 unspecified atom stereocenters. The lowest BCUT2D eigenvalue weighted by Crippen LogP contribution is -2.42. The molecule has 1 aliphatic carbocycles. The van der Waals surface area contributed by atoms with Crippen LogP contribution in [0.15, 0.2) is 94.1 Å². The topological polar surface area (TPSA) is 64.4 Å². The highest BCUT2D eigenvalue weighted by Gasteiger charge is 2.43. The summed E-state index contributed by atoms with van der Waals surface area (Å²) in [5.74, 6) is -0.494. The highest BCUT2D eigenvalue weighted by Crippen LogP contribution is 2.49. The second kappa shape index (κ2) is 9.48. The van der Waals surface area contributed by atoms with Gasteiger partial charge in [0, 0.05) is 49.9 Å². The van der Waals surface area contributed by atoms with Gasteiger partial charge in [0.25, 0.3) is 0 Å². The number of Topliss-reactive ketones (excluding diaryl/α,β-unsaturated/α-hetero) is 1. The van der Waals surface area contributed by atoms with E-state index in [1.54, 1.807) is 6.07 Å². The standard InChI is InChI=1S/C29H24BrClN2O2/c1-17-12-14-18(15-13-17)28(35)27-25(21-8-2-3-9-22(21)31)26-23(10-5-11-24(26)34)33(29(27)32)20-7-4-6-19(30)16-20/h2-4,6-9,12-16,25,32,35H,5,10-11H2,1H3/b28-27+,32-29?. The molecule has 0 saturated carbocycles. The SMILES string of the molecule is Cc1ccc(/C(O)=C2\C(=N)N(c3cccc(Br)c3)C3=C(C(=O)CCC3)C2c2ccccc2Cl)cc1. The van der Waals surface area contributed by atoms with E-state index in [9.17, 15) is 15.3 Å². The molecule has 1 atom stereocenters. The summed E-state index contributed by atoms with van der Waals surface area (Å²) in [6, 6.07) is 22.6. The number of benzene rings is 3. The van der Waals surface area contributed by atoms with Crippen LogP contribution in [0.1, 0.15) is 41.9 Å². The van der Waals surface area contributed by atoms with E-state index in [2.05, 4.69) is 15.9 Å². The second-order valence-electron chi connectivity index (χ2n) is 8.88. The normalized spacial score (nSPS) is 19.6. The number of aliphatic hydroxyl groups excluding tert-OH is 1. The summed E-state index contributed by atoms with van der Waals surface area (Å²) in [5, 5.41) is 21.5. The Morgan fingerprint density at radius 3 is 2.51 bits per heavy atom. The molecule has 176 valence electrons. The summed E-state index contributed by atoms with van der Waals surface area (Å²) in [7, 11) is 0. The van der Waals surface area contributed by atoms with Crippen LogP contribution in [0.25, 0.3) is 5.76 Å². The minimum Gasteiger partial charge on any atom is -0.507 e. The smallest absolute Gasteiger partial charge is 0.161 e. The highest BCUT2D eigenvalue weighted by atomic mass is 79.9. The number of hydrogen-bond donors (Lipinski definition) is 2. The molecule has 0 radical (unpaired) electrons. The molecule has 0 saturated heterocycles. The third-order valence-corrected chi connectivity index (χ3v) is 7.45. The van der Waals surface area contributed by atoms with E-state index in [1.807, 2.05) is 78.6 Å². The number of hydrogen-bond acceptors (Lipinski definition) is 3. The van der Waals surface area contributed by atoms with Gasteiger partial charge in [-0.05, 0) is 49.6 Å². The number of carbonyl (C=O) groups is 1. The van der Waals surface area contributed by atoms with Gasteiger partial charge in [-0.25, -0.2) is 0 Å². The Hall–Kier alpha value is -3.15. The first-order valence-corrected chi connectivity index (χ1v) is 12.7. The molecule has 1 aliphatic heterocycles. The summed E-state index contributed by atoms with van der Waals surface area (Å²) in [6.07, 6.45) is 1.81. The van der Waals surface area contributed by atoms with Crippen LogP contribution in [-0.4, -0.2) is 16.7 Å². The van der Waals surface area contributed by atoms with E-state index in [1.165, 1.54) is 0 Å². The number of ketones is 1. The predicted octanol–water partition coefficient (Wildman–Crippen LogP) is 7.97.